The molecule has 0 saturated carbocycles. The lowest BCUT2D eigenvalue weighted by atomic mass is 10.2. The molecule has 0 aliphatic carbocycles. The molecule has 1 rings (SSSR count). The van der Waals surface area contributed by atoms with Crippen LogP contribution in [0.4, 0.5) is 0 Å². The lowest BCUT2D eigenvalue weighted by Crippen LogP contribution is -2.39. The van der Waals surface area contributed by atoms with Crippen LogP contribution in [0.2, 0.25) is 0 Å². The van der Waals surface area contributed by atoms with Gasteiger partial charge in [-0.25, -0.2) is 4.99 Å². The van der Waals surface area contributed by atoms with E-state index in [1.54, 1.807) is 0 Å². The number of unbranched alkanes of at least 4 members (excludes halogenated alkanes) is 1. The highest BCUT2D eigenvalue weighted by Crippen LogP contribution is 2.13. The lowest BCUT2D eigenvalue weighted by Gasteiger charge is -2.12. The van der Waals surface area contributed by atoms with Gasteiger partial charge in [-0.1, -0.05) is 25.5 Å². The van der Waals surface area contributed by atoms with E-state index in [0.717, 1.165) is 43.3 Å². The third kappa shape index (κ3) is 10.9. The van der Waals surface area contributed by atoms with Crippen molar-refractivity contribution >= 4 is 5.96 Å². The van der Waals surface area contributed by atoms with Crippen LogP contribution < -0.4 is 15.4 Å². The van der Waals surface area contributed by atoms with Gasteiger partial charge in [0.2, 0.25) is 0 Å². The fraction of sp³-hybridized carbons (Fsp3) is 0.650. The molecule has 148 valence electrons. The van der Waals surface area contributed by atoms with Crippen LogP contribution in [0.25, 0.3) is 0 Å². The van der Waals surface area contributed by atoms with Gasteiger partial charge in [-0.15, -0.1) is 0 Å². The third-order valence-corrected chi connectivity index (χ3v) is 3.53. The number of guanidine groups is 1. The molecule has 0 unspecified atom stereocenters. The minimum atomic E-state index is 0.600. The van der Waals surface area contributed by atoms with Crippen LogP contribution in [0.3, 0.4) is 0 Å². The second kappa shape index (κ2) is 15.5. The molecule has 2 N–H and O–H groups in total. The molecule has 0 bridgehead atoms. The Morgan fingerprint density at radius 1 is 1.00 bits per heavy atom. The molecule has 6 heteroatoms. The number of hydrogen-bond donors (Lipinski definition) is 2. The zero-order valence-corrected chi connectivity index (χ0v) is 16.6. The summed E-state index contributed by atoms with van der Waals surface area (Å²) in [4.78, 5) is 4.61. The SMILES string of the molecule is CCCCOCCOCCNC(=NCc1cccc(OCC)c1)NCC. The van der Waals surface area contributed by atoms with Gasteiger partial charge in [-0.05, 0) is 38.0 Å². The van der Waals surface area contributed by atoms with Crippen LogP contribution in [-0.2, 0) is 16.0 Å². The van der Waals surface area contributed by atoms with Gasteiger partial charge in [-0.3, -0.25) is 0 Å². The van der Waals surface area contributed by atoms with Crippen LogP contribution >= 0.6 is 0 Å². The van der Waals surface area contributed by atoms with Gasteiger partial charge in [0, 0.05) is 19.7 Å². The molecule has 0 aliphatic heterocycles. The summed E-state index contributed by atoms with van der Waals surface area (Å²) in [5, 5.41) is 6.53. The summed E-state index contributed by atoms with van der Waals surface area (Å²) in [5.74, 6) is 1.67. The second-order valence-corrected chi connectivity index (χ2v) is 5.78. The van der Waals surface area contributed by atoms with E-state index in [1.807, 2.05) is 25.1 Å². The first kappa shape index (κ1) is 22.3. The zero-order valence-electron chi connectivity index (χ0n) is 16.6. The highest BCUT2D eigenvalue weighted by atomic mass is 16.5. The summed E-state index contributed by atoms with van der Waals surface area (Å²) in [5.41, 5.74) is 1.12. The highest BCUT2D eigenvalue weighted by Gasteiger charge is 1.99. The van der Waals surface area contributed by atoms with Crippen molar-refractivity contribution in [3.05, 3.63) is 29.8 Å². The molecule has 0 aromatic heterocycles. The fourth-order valence-electron chi connectivity index (χ4n) is 2.22. The number of ether oxygens (including phenoxy) is 3. The summed E-state index contributed by atoms with van der Waals surface area (Å²) in [6, 6.07) is 8.03. The van der Waals surface area contributed by atoms with Crippen LogP contribution in [0.1, 0.15) is 39.2 Å². The van der Waals surface area contributed by atoms with Gasteiger partial charge in [-0.2, -0.15) is 0 Å². The zero-order chi connectivity index (χ0) is 18.9. The monoisotopic (exact) mass is 365 g/mol. The van der Waals surface area contributed by atoms with Crippen molar-refractivity contribution in [2.24, 2.45) is 4.99 Å². The summed E-state index contributed by atoms with van der Waals surface area (Å²) < 4.78 is 16.6. The number of aliphatic imine (C=N–C) groups is 1. The topological polar surface area (TPSA) is 64.1 Å². The largest absolute Gasteiger partial charge is 0.494 e. The van der Waals surface area contributed by atoms with Gasteiger partial charge in [0.05, 0.1) is 33.0 Å². The number of nitrogens with zero attached hydrogens (tertiary/aromatic N) is 1. The number of rotatable bonds is 14. The second-order valence-electron chi connectivity index (χ2n) is 5.78. The summed E-state index contributed by atoms with van der Waals surface area (Å²) >= 11 is 0. The Balaban J connectivity index is 2.27. The van der Waals surface area contributed by atoms with Crippen LogP contribution in [0.5, 0.6) is 5.75 Å². The quantitative estimate of drug-likeness (QED) is 0.301. The van der Waals surface area contributed by atoms with Crippen molar-refractivity contribution in [1.29, 1.82) is 0 Å². The van der Waals surface area contributed by atoms with E-state index in [9.17, 15) is 0 Å². The maximum absolute atomic E-state index is 5.56. The molecule has 0 aliphatic rings. The number of benzene rings is 1. The van der Waals surface area contributed by atoms with E-state index in [2.05, 4.69) is 35.5 Å². The lowest BCUT2D eigenvalue weighted by molar-refractivity contribution is 0.0487. The number of hydrogen-bond acceptors (Lipinski definition) is 4. The predicted octanol–water partition coefficient (Wildman–Crippen LogP) is 2.97. The molecular weight excluding hydrogens is 330 g/mol. The van der Waals surface area contributed by atoms with Gasteiger partial charge < -0.3 is 24.8 Å². The van der Waals surface area contributed by atoms with Gasteiger partial charge in [0.1, 0.15) is 5.75 Å². The molecule has 26 heavy (non-hydrogen) atoms. The predicted molar refractivity (Wildman–Crippen MR) is 107 cm³/mol. The van der Waals surface area contributed by atoms with Crippen molar-refractivity contribution in [2.45, 2.75) is 40.2 Å². The molecule has 0 heterocycles. The maximum atomic E-state index is 5.56. The first-order valence-corrected chi connectivity index (χ1v) is 9.69. The molecule has 0 amide bonds. The number of nitrogens with one attached hydrogen (secondary N) is 2. The Morgan fingerprint density at radius 3 is 2.54 bits per heavy atom. The molecule has 0 radical (unpaired) electrons. The molecular formula is C20H35N3O3. The van der Waals surface area contributed by atoms with Crippen LogP contribution in [0, 0.1) is 0 Å². The van der Waals surface area contributed by atoms with Crippen LogP contribution in [0.15, 0.2) is 29.3 Å². The molecule has 6 nitrogen and oxygen atoms in total. The standard InChI is InChI=1S/C20H35N3O3/c1-4-7-12-24-14-15-25-13-11-22-20(21-5-2)23-17-18-9-8-10-19(16-18)26-6-3/h8-10,16H,4-7,11-15,17H2,1-3H3,(H2,21,22,23). The van der Waals surface area contributed by atoms with Gasteiger partial charge >= 0.3 is 0 Å². The van der Waals surface area contributed by atoms with E-state index in [-0.39, 0.29) is 0 Å². The fourth-order valence-corrected chi connectivity index (χ4v) is 2.22. The van der Waals surface area contributed by atoms with Crippen LogP contribution in [-0.4, -0.2) is 52.1 Å². The Kier molecular flexibility index (Phi) is 13.2. The minimum absolute atomic E-state index is 0.600. The molecule has 0 fully saturated rings. The molecule has 0 atom stereocenters. The average Bonchev–Trinajstić information content (AvgIpc) is 2.65. The van der Waals surface area contributed by atoms with Crippen molar-refractivity contribution in [3.8, 4) is 5.75 Å². The minimum Gasteiger partial charge on any atom is -0.494 e. The third-order valence-electron chi connectivity index (χ3n) is 3.53. The Labute approximate surface area is 158 Å². The van der Waals surface area contributed by atoms with E-state index < -0.39 is 0 Å². The van der Waals surface area contributed by atoms with Crippen molar-refractivity contribution in [1.82, 2.24) is 10.6 Å². The van der Waals surface area contributed by atoms with E-state index >= 15 is 0 Å². The van der Waals surface area contributed by atoms with Gasteiger partial charge in [0.15, 0.2) is 5.96 Å². The normalized spacial score (nSPS) is 11.4. The summed E-state index contributed by atoms with van der Waals surface area (Å²) in [6.45, 7) is 11.7. The first-order valence-electron chi connectivity index (χ1n) is 9.69. The Bertz CT molecular complexity index is 495. The maximum Gasteiger partial charge on any atom is 0.191 e. The highest BCUT2D eigenvalue weighted by molar-refractivity contribution is 5.79. The summed E-state index contributed by atoms with van der Waals surface area (Å²) in [7, 11) is 0. The van der Waals surface area contributed by atoms with Crippen molar-refractivity contribution in [3.63, 3.8) is 0 Å². The van der Waals surface area contributed by atoms with E-state index in [1.165, 1.54) is 0 Å². The van der Waals surface area contributed by atoms with Gasteiger partial charge in [0.25, 0.3) is 0 Å². The molecule has 0 spiro atoms. The van der Waals surface area contributed by atoms with Crippen molar-refractivity contribution < 1.29 is 14.2 Å². The first-order chi connectivity index (χ1) is 12.8. The Hall–Kier alpha value is -1.79. The molecule has 1 aromatic carbocycles. The molecule has 1 aromatic rings. The van der Waals surface area contributed by atoms with Crippen molar-refractivity contribution in [2.75, 3.05) is 46.1 Å². The van der Waals surface area contributed by atoms with E-state index in [4.69, 9.17) is 14.2 Å². The summed E-state index contributed by atoms with van der Waals surface area (Å²) in [6.07, 6.45) is 2.27. The Morgan fingerprint density at radius 2 is 1.81 bits per heavy atom. The smallest absolute Gasteiger partial charge is 0.191 e. The molecule has 0 saturated heterocycles. The average molecular weight is 366 g/mol. The van der Waals surface area contributed by atoms with E-state index in [0.29, 0.717) is 39.5 Å².